The molecule has 0 saturated carbocycles. The van der Waals surface area contributed by atoms with Crippen LogP contribution in [-0.2, 0) is 4.79 Å². The largest absolute Gasteiger partial charge is 0.480 e. The minimum atomic E-state index is -1.32. The van der Waals surface area contributed by atoms with E-state index in [1.165, 1.54) is 25.2 Å². The van der Waals surface area contributed by atoms with Gasteiger partial charge in [-0.05, 0) is 33.8 Å². The highest BCUT2D eigenvalue weighted by atomic mass is 32.1. The number of amides is 1. The maximum Gasteiger partial charge on any atom is 0.328 e. The first-order chi connectivity index (χ1) is 9.74. The highest BCUT2D eigenvalue weighted by Crippen LogP contribution is 2.22. The number of carboxylic acids is 1. The fourth-order valence-corrected chi connectivity index (χ4v) is 2.77. The number of aliphatic carboxylic acids is 1. The molecular weight excluding hydrogens is 290 g/mol. The average Bonchev–Trinajstić information content (AvgIpc) is 2.96. The Bertz CT molecular complexity index is 687. The number of aromatic nitrogens is 2. The second kappa shape index (κ2) is 5.33. The summed E-state index contributed by atoms with van der Waals surface area (Å²) in [4.78, 5) is 27.7. The van der Waals surface area contributed by atoms with E-state index in [-0.39, 0.29) is 0 Å². The Morgan fingerprint density at radius 1 is 1.38 bits per heavy atom. The Balaban J connectivity index is 2.36. The number of nitrogens with zero attached hydrogens (tertiary/aromatic N) is 2. The average molecular weight is 307 g/mol. The number of carbonyl (C=O) groups excluding carboxylic acids is 1. The van der Waals surface area contributed by atoms with Crippen molar-refractivity contribution < 1.29 is 14.7 Å². The normalized spacial score (nSPS) is 11.4. The van der Waals surface area contributed by atoms with Crippen molar-refractivity contribution in [3.8, 4) is 5.13 Å². The molecule has 2 rings (SSSR count). The number of thiazole rings is 1. The van der Waals surface area contributed by atoms with Gasteiger partial charge in [0.2, 0.25) is 0 Å². The lowest BCUT2D eigenvalue weighted by molar-refractivity contribution is -0.143. The van der Waals surface area contributed by atoms with Gasteiger partial charge in [-0.1, -0.05) is 0 Å². The van der Waals surface area contributed by atoms with Crippen LogP contribution in [0.1, 0.15) is 35.6 Å². The molecular formula is C14H17N3O3S. The van der Waals surface area contributed by atoms with Gasteiger partial charge in [0.05, 0.1) is 5.56 Å². The zero-order valence-electron chi connectivity index (χ0n) is 12.3. The van der Waals surface area contributed by atoms with Crippen molar-refractivity contribution >= 4 is 23.2 Å². The maximum absolute atomic E-state index is 12.3. The van der Waals surface area contributed by atoms with Gasteiger partial charge in [0.25, 0.3) is 5.91 Å². The molecule has 1 amide bonds. The molecule has 2 N–H and O–H groups in total. The zero-order chi connectivity index (χ0) is 15.8. The Morgan fingerprint density at radius 3 is 2.57 bits per heavy atom. The molecule has 0 spiro atoms. The molecule has 0 radical (unpaired) electrons. The van der Waals surface area contributed by atoms with Gasteiger partial charge in [0, 0.05) is 23.0 Å². The molecule has 112 valence electrons. The van der Waals surface area contributed by atoms with Crippen LogP contribution in [0.2, 0.25) is 0 Å². The first-order valence-corrected chi connectivity index (χ1v) is 7.26. The third kappa shape index (κ3) is 2.82. The van der Waals surface area contributed by atoms with Gasteiger partial charge < -0.3 is 10.4 Å². The van der Waals surface area contributed by atoms with Gasteiger partial charge >= 0.3 is 5.97 Å². The number of nitrogens with one attached hydrogen (secondary N) is 1. The third-order valence-electron chi connectivity index (χ3n) is 3.25. The van der Waals surface area contributed by atoms with Gasteiger partial charge in [0.15, 0.2) is 5.13 Å². The van der Waals surface area contributed by atoms with E-state index in [2.05, 4.69) is 10.3 Å². The van der Waals surface area contributed by atoms with Crippen molar-refractivity contribution in [1.29, 1.82) is 0 Å². The Labute approximate surface area is 126 Å². The molecule has 0 aliphatic carbocycles. The lowest BCUT2D eigenvalue weighted by atomic mass is 10.1. The van der Waals surface area contributed by atoms with Gasteiger partial charge in [0.1, 0.15) is 5.54 Å². The van der Waals surface area contributed by atoms with Crippen molar-refractivity contribution in [2.45, 2.75) is 33.2 Å². The first-order valence-electron chi connectivity index (χ1n) is 6.38. The molecule has 0 aliphatic heterocycles. The lowest BCUT2D eigenvalue weighted by Gasteiger charge is -2.20. The van der Waals surface area contributed by atoms with Crippen LogP contribution in [0.5, 0.6) is 0 Å². The topological polar surface area (TPSA) is 84.2 Å². The van der Waals surface area contributed by atoms with Crippen molar-refractivity contribution in [2.75, 3.05) is 0 Å². The molecule has 0 atom stereocenters. The van der Waals surface area contributed by atoms with Crippen molar-refractivity contribution in [1.82, 2.24) is 14.9 Å². The van der Waals surface area contributed by atoms with Gasteiger partial charge in [-0.2, -0.15) is 0 Å². The summed E-state index contributed by atoms with van der Waals surface area (Å²) in [5.41, 5.74) is 0.750. The Kier molecular flexibility index (Phi) is 3.87. The number of carbonyl (C=O) groups is 2. The molecule has 0 bridgehead atoms. The molecule has 0 aliphatic rings. The van der Waals surface area contributed by atoms with Crippen LogP contribution in [0.25, 0.3) is 5.13 Å². The van der Waals surface area contributed by atoms with E-state index in [0.29, 0.717) is 5.56 Å². The molecule has 0 unspecified atom stereocenters. The highest BCUT2D eigenvalue weighted by molar-refractivity contribution is 7.12. The summed E-state index contributed by atoms with van der Waals surface area (Å²) in [6.45, 7) is 6.60. The van der Waals surface area contributed by atoms with Crippen LogP contribution in [0.4, 0.5) is 0 Å². The molecule has 7 heteroatoms. The molecule has 6 nitrogen and oxygen atoms in total. The third-order valence-corrected chi connectivity index (χ3v) is 4.00. The van der Waals surface area contributed by atoms with E-state index in [1.807, 2.05) is 23.8 Å². The molecule has 21 heavy (non-hydrogen) atoms. The predicted molar refractivity (Wildman–Crippen MR) is 80.1 cm³/mol. The number of carboxylic acid groups (broad SMARTS) is 1. The molecule has 0 aromatic carbocycles. The highest BCUT2D eigenvalue weighted by Gasteiger charge is 2.30. The monoisotopic (exact) mass is 307 g/mol. The van der Waals surface area contributed by atoms with E-state index < -0.39 is 17.4 Å². The summed E-state index contributed by atoms with van der Waals surface area (Å²) in [7, 11) is 0. The number of hydrogen-bond acceptors (Lipinski definition) is 4. The smallest absolute Gasteiger partial charge is 0.328 e. The van der Waals surface area contributed by atoms with Crippen molar-refractivity contribution in [3.05, 3.63) is 34.6 Å². The summed E-state index contributed by atoms with van der Waals surface area (Å²) < 4.78 is 1.88. The molecule has 2 aromatic rings. The van der Waals surface area contributed by atoms with Crippen molar-refractivity contribution in [2.24, 2.45) is 0 Å². The summed E-state index contributed by atoms with van der Waals surface area (Å²) >= 11 is 1.47. The number of aryl methyl sites for hydroxylation is 1. The second-order valence-electron chi connectivity index (χ2n) is 5.32. The SMILES string of the molecule is Cc1cc(C(=O)NC(C)(C)C(=O)O)c(C)n1-c1nccs1. The second-order valence-corrected chi connectivity index (χ2v) is 6.19. The number of hydrogen-bond donors (Lipinski definition) is 2. The van der Waals surface area contributed by atoms with E-state index in [1.54, 1.807) is 12.3 Å². The fraction of sp³-hybridized carbons (Fsp3) is 0.357. The summed E-state index contributed by atoms with van der Waals surface area (Å²) in [5, 5.41) is 14.3. The van der Waals surface area contributed by atoms with Gasteiger partial charge in [-0.25, -0.2) is 9.78 Å². The molecule has 0 fully saturated rings. The number of rotatable bonds is 4. The van der Waals surface area contributed by atoms with Crippen LogP contribution < -0.4 is 5.32 Å². The molecule has 2 aromatic heterocycles. The molecule has 0 saturated heterocycles. The van der Waals surface area contributed by atoms with Crippen molar-refractivity contribution in [3.63, 3.8) is 0 Å². The van der Waals surface area contributed by atoms with Crippen LogP contribution in [0.3, 0.4) is 0 Å². The first kappa shape index (κ1) is 15.2. The van der Waals surface area contributed by atoms with Crippen LogP contribution in [0, 0.1) is 13.8 Å². The van der Waals surface area contributed by atoms with Crippen LogP contribution in [-0.4, -0.2) is 32.1 Å². The predicted octanol–water partition coefficient (Wildman–Crippen LogP) is 2.14. The van der Waals surface area contributed by atoms with E-state index in [4.69, 9.17) is 5.11 Å². The van der Waals surface area contributed by atoms with Crippen LogP contribution in [0.15, 0.2) is 17.6 Å². The van der Waals surface area contributed by atoms with Crippen LogP contribution >= 0.6 is 11.3 Å². The lowest BCUT2D eigenvalue weighted by Crippen LogP contribution is -2.49. The maximum atomic E-state index is 12.3. The minimum absolute atomic E-state index is 0.404. The van der Waals surface area contributed by atoms with E-state index >= 15 is 0 Å². The standard InChI is InChI=1S/C14H17N3O3S/c1-8-7-10(11(18)16-14(3,4)12(19)20)9(2)17(8)13-15-5-6-21-13/h5-7H,1-4H3,(H,16,18)(H,19,20). The van der Waals surface area contributed by atoms with Gasteiger partial charge in [-0.3, -0.25) is 9.36 Å². The zero-order valence-corrected chi connectivity index (χ0v) is 13.1. The fourth-order valence-electron chi connectivity index (χ4n) is 2.02. The summed E-state index contributed by atoms with van der Waals surface area (Å²) in [6, 6.07) is 1.74. The summed E-state index contributed by atoms with van der Waals surface area (Å²) in [6.07, 6.45) is 1.70. The Morgan fingerprint density at radius 2 is 2.05 bits per heavy atom. The van der Waals surface area contributed by atoms with E-state index in [0.717, 1.165) is 16.5 Å². The molecule has 2 heterocycles. The summed E-state index contributed by atoms with van der Waals surface area (Å²) in [5.74, 6) is -1.48. The Hall–Kier alpha value is -2.15. The van der Waals surface area contributed by atoms with Gasteiger partial charge in [-0.15, -0.1) is 11.3 Å². The quantitative estimate of drug-likeness (QED) is 0.906. The van der Waals surface area contributed by atoms with E-state index in [9.17, 15) is 9.59 Å². The minimum Gasteiger partial charge on any atom is -0.480 e.